The van der Waals surface area contributed by atoms with Gasteiger partial charge in [-0.15, -0.1) is 0 Å². The van der Waals surface area contributed by atoms with Gasteiger partial charge < -0.3 is 29.6 Å². The number of carbonyl (C=O) groups excluding carboxylic acids is 2. The summed E-state index contributed by atoms with van der Waals surface area (Å²) in [6.45, 7) is 7.54. The summed E-state index contributed by atoms with van der Waals surface area (Å²) in [5.41, 5.74) is 7.89. The molecule has 0 saturated carbocycles. The number of carbonyl (C=O) groups is 2. The highest BCUT2D eigenvalue weighted by molar-refractivity contribution is 7.47. The van der Waals surface area contributed by atoms with Crippen LogP contribution in [0.4, 0.5) is 0 Å². The third kappa shape index (κ3) is 27.9. The lowest BCUT2D eigenvalue weighted by molar-refractivity contribution is -0.161. The molecule has 322 valence electrons. The summed E-state index contributed by atoms with van der Waals surface area (Å²) in [4.78, 5) is 34.9. The minimum absolute atomic E-state index is 0.0256. The molecule has 11 nitrogen and oxygen atoms in total. The number of allylic oxidation sites excluding steroid dienone is 10. The molecule has 0 aliphatic carbocycles. The summed E-state index contributed by atoms with van der Waals surface area (Å²) in [6, 6.07) is 0. The van der Waals surface area contributed by atoms with Crippen molar-refractivity contribution in [3.8, 4) is 0 Å². The quantitative estimate of drug-likeness (QED) is 0.0199. The van der Waals surface area contributed by atoms with E-state index in [1.807, 2.05) is 42.5 Å². The molecular formula is C45H72NO10P. The van der Waals surface area contributed by atoms with Crippen molar-refractivity contribution >= 4 is 19.8 Å². The zero-order valence-electron chi connectivity index (χ0n) is 35.1. The zero-order valence-corrected chi connectivity index (χ0v) is 36.0. The summed E-state index contributed by atoms with van der Waals surface area (Å²) in [6.07, 6.45) is 35.7. The lowest BCUT2D eigenvalue weighted by Crippen LogP contribution is -2.29. The smallest absolute Gasteiger partial charge is 0.466 e. The number of esters is 2. The van der Waals surface area contributed by atoms with E-state index in [0.29, 0.717) is 19.3 Å². The molecule has 0 aliphatic rings. The fourth-order valence-corrected chi connectivity index (χ4v) is 6.32. The highest BCUT2D eigenvalue weighted by Gasteiger charge is 2.26. The SMILES string of the molecule is CC/C=C\CC(O)/C=C/C=C/C/C=C\C/C=C\C/C=C\CCC(=O)OC[C@H](COP(=O)(O)OCCN)OC(=O)CCCCCCCCc1oc(CCC)c(C)c1C. The van der Waals surface area contributed by atoms with Crippen LogP contribution in [0.15, 0.2) is 77.3 Å². The highest BCUT2D eigenvalue weighted by atomic mass is 31.2. The summed E-state index contributed by atoms with van der Waals surface area (Å²) in [5, 5.41) is 9.83. The molecule has 1 rings (SSSR count). The first-order chi connectivity index (χ1) is 27.5. The van der Waals surface area contributed by atoms with E-state index in [1.54, 1.807) is 6.08 Å². The number of phosphoric acid groups is 1. The van der Waals surface area contributed by atoms with Gasteiger partial charge in [0.15, 0.2) is 6.10 Å². The van der Waals surface area contributed by atoms with Gasteiger partial charge >= 0.3 is 19.8 Å². The monoisotopic (exact) mass is 817 g/mol. The molecule has 2 unspecified atom stereocenters. The van der Waals surface area contributed by atoms with Gasteiger partial charge in [-0.25, -0.2) is 4.57 Å². The Labute approximate surface area is 342 Å². The van der Waals surface area contributed by atoms with E-state index in [-0.39, 0.29) is 32.6 Å². The number of hydrogen-bond donors (Lipinski definition) is 3. The van der Waals surface area contributed by atoms with Crippen LogP contribution in [0.5, 0.6) is 0 Å². The number of rotatable bonds is 34. The van der Waals surface area contributed by atoms with Crippen LogP contribution in [0, 0.1) is 13.8 Å². The summed E-state index contributed by atoms with van der Waals surface area (Å²) in [5.74, 6) is 1.22. The predicted molar refractivity (Wildman–Crippen MR) is 229 cm³/mol. The van der Waals surface area contributed by atoms with E-state index in [2.05, 4.69) is 52.0 Å². The third-order valence-electron chi connectivity index (χ3n) is 8.87. The van der Waals surface area contributed by atoms with Crippen LogP contribution in [-0.2, 0) is 45.5 Å². The number of aryl methyl sites for hydroxylation is 2. The Morgan fingerprint density at radius 2 is 1.39 bits per heavy atom. The second kappa shape index (κ2) is 33.6. The van der Waals surface area contributed by atoms with Crippen molar-refractivity contribution < 1.29 is 47.1 Å². The number of unbranched alkanes of at least 4 members (excludes halogenated alkanes) is 5. The number of ether oxygens (including phenoxy) is 2. The van der Waals surface area contributed by atoms with Gasteiger partial charge in [0.1, 0.15) is 18.1 Å². The van der Waals surface area contributed by atoms with Crippen LogP contribution in [0.25, 0.3) is 0 Å². The van der Waals surface area contributed by atoms with Gasteiger partial charge in [-0.05, 0) is 82.8 Å². The average molecular weight is 818 g/mol. The van der Waals surface area contributed by atoms with Gasteiger partial charge in [-0.1, -0.05) is 112 Å². The average Bonchev–Trinajstić information content (AvgIpc) is 3.45. The predicted octanol–water partition coefficient (Wildman–Crippen LogP) is 10.1. The largest absolute Gasteiger partial charge is 0.472 e. The Morgan fingerprint density at radius 3 is 2.05 bits per heavy atom. The fraction of sp³-hybridized carbons (Fsp3) is 0.600. The minimum Gasteiger partial charge on any atom is -0.466 e. The number of furan rings is 1. The Balaban J connectivity index is 2.34. The molecule has 0 bridgehead atoms. The van der Waals surface area contributed by atoms with Gasteiger partial charge in [-0.2, -0.15) is 0 Å². The van der Waals surface area contributed by atoms with Crippen LogP contribution in [0.2, 0.25) is 0 Å². The van der Waals surface area contributed by atoms with Gasteiger partial charge in [0.25, 0.3) is 0 Å². The topological polar surface area (TPSA) is 168 Å². The maximum absolute atomic E-state index is 12.6. The number of nitrogens with two attached hydrogens (primary N) is 1. The Morgan fingerprint density at radius 1 is 0.754 bits per heavy atom. The normalized spacial score (nSPS) is 14.6. The van der Waals surface area contributed by atoms with Crippen LogP contribution < -0.4 is 5.73 Å². The Bertz CT molecular complexity index is 1460. The first-order valence-corrected chi connectivity index (χ1v) is 22.4. The molecule has 4 N–H and O–H groups in total. The number of aliphatic hydroxyl groups is 1. The second-order valence-corrected chi connectivity index (χ2v) is 15.4. The van der Waals surface area contributed by atoms with Gasteiger partial charge in [-0.3, -0.25) is 18.6 Å². The van der Waals surface area contributed by atoms with Gasteiger partial charge in [0.2, 0.25) is 0 Å². The molecule has 0 amide bonds. The van der Waals surface area contributed by atoms with E-state index in [9.17, 15) is 24.2 Å². The standard InChI is InChI=1S/C45H72NO10P/c1-5-7-23-29-40(47)30-24-19-15-13-11-9-8-10-12-14-16-21-26-32-44(48)52-36-41(37-54-57(50,51)53-35-34-46)55-45(49)33-27-22-18-17-20-25-31-43-39(4)38(3)42(56-43)28-6-2/h7,9-12,15-16,19,21,23-24,30,40-41,47H,5-6,8,13-14,17-18,20,22,25-29,31-37,46H2,1-4H3,(H,50,51)/b11-9-,12-10-,19-15+,21-16-,23-7-,30-24+/t40?,41-/m1/s1. The first-order valence-electron chi connectivity index (χ1n) is 20.9. The number of hydrogen-bond acceptors (Lipinski definition) is 10. The molecule has 0 fully saturated rings. The highest BCUT2D eigenvalue weighted by Crippen LogP contribution is 2.43. The van der Waals surface area contributed by atoms with E-state index in [4.69, 9.17) is 28.7 Å². The summed E-state index contributed by atoms with van der Waals surface area (Å²) < 4.78 is 38.8. The first kappa shape index (κ1) is 51.7. The lowest BCUT2D eigenvalue weighted by atomic mass is 10.0. The van der Waals surface area contributed by atoms with Crippen molar-refractivity contribution in [1.82, 2.24) is 0 Å². The molecule has 0 saturated heterocycles. The Kier molecular flexibility index (Phi) is 30.5. The molecule has 57 heavy (non-hydrogen) atoms. The van der Waals surface area contributed by atoms with Crippen molar-refractivity contribution in [2.75, 3.05) is 26.4 Å². The molecule has 0 aliphatic heterocycles. The number of phosphoric ester groups is 1. The summed E-state index contributed by atoms with van der Waals surface area (Å²) in [7, 11) is -4.42. The number of aliphatic hydroxyl groups excluding tert-OH is 1. The maximum Gasteiger partial charge on any atom is 0.472 e. The molecule has 0 spiro atoms. The van der Waals surface area contributed by atoms with Gasteiger partial charge in [0, 0.05) is 32.2 Å². The van der Waals surface area contributed by atoms with Crippen molar-refractivity contribution in [2.24, 2.45) is 5.73 Å². The molecule has 3 atom stereocenters. The fourth-order valence-electron chi connectivity index (χ4n) is 5.55. The van der Waals surface area contributed by atoms with Crippen LogP contribution in [0.1, 0.15) is 133 Å². The van der Waals surface area contributed by atoms with Gasteiger partial charge in [0.05, 0.1) is 19.3 Å². The molecule has 12 heteroatoms. The lowest BCUT2D eigenvalue weighted by Gasteiger charge is -2.19. The van der Waals surface area contributed by atoms with Crippen LogP contribution in [-0.4, -0.2) is 60.5 Å². The van der Waals surface area contributed by atoms with Crippen molar-refractivity contribution in [2.45, 2.75) is 149 Å². The minimum atomic E-state index is -4.42. The van der Waals surface area contributed by atoms with Crippen molar-refractivity contribution in [1.29, 1.82) is 0 Å². The van der Waals surface area contributed by atoms with Crippen molar-refractivity contribution in [3.05, 3.63) is 95.6 Å². The molecule has 1 aromatic heterocycles. The van der Waals surface area contributed by atoms with E-state index >= 15 is 0 Å². The van der Waals surface area contributed by atoms with Crippen LogP contribution >= 0.6 is 7.82 Å². The maximum atomic E-state index is 12.6. The third-order valence-corrected chi connectivity index (χ3v) is 9.86. The van der Waals surface area contributed by atoms with E-state index in [1.165, 1.54) is 11.1 Å². The molecule has 1 aromatic rings. The molecule has 0 radical (unpaired) electrons. The molecule has 0 aromatic carbocycles. The zero-order chi connectivity index (χ0) is 42.0. The molecular weight excluding hydrogens is 745 g/mol. The van der Waals surface area contributed by atoms with Crippen LogP contribution in [0.3, 0.4) is 0 Å². The summed E-state index contributed by atoms with van der Waals surface area (Å²) >= 11 is 0. The van der Waals surface area contributed by atoms with E-state index in [0.717, 1.165) is 88.6 Å². The van der Waals surface area contributed by atoms with Crippen molar-refractivity contribution in [3.63, 3.8) is 0 Å². The molecule has 1 heterocycles. The Hall–Kier alpha value is -3.31. The van der Waals surface area contributed by atoms with E-state index < -0.39 is 38.6 Å². The second-order valence-electron chi connectivity index (χ2n) is 13.9.